The van der Waals surface area contributed by atoms with E-state index < -0.39 is 7.12 Å². The van der Waals surface area contributed by atoms with Crippen LogP contribution in [0.3, 0.4) is 0 Å². The molecule has 0 saturated carbocycles. The predicted molar refractivity (Wildman–Crippen MR) is 44.0 cm³/mol. The predicted octanol–water partition coefficient (Wildman–Crippen LogP) is 0.669. The standard InChI is InChI=1S/C7H9BO4/c1-6-4-2-3-5-7(6)8(11-9)12-10/h2-5,9-10H,1H3. The Kier molecular flexibility index (Phi) is 3.24. The Labute approximate surface area is 70.4 Å². The quantitative estimate of drug-likeness (QED) is 0.395. The van der Waals surface area contributed by atoms with Gasteiger partial charge in [0.05, 0.1) is 0 Å². The summed E-state index contributed by atoms with van der Waals surface area (Å²) in [5.41, 5.74) is 1.45. The first-order chi connectivity index (χ1) is 5.79. The van der Waals surface area contributed by atoms with E-state index >= 15 is 0 Å². The van der Waals surface area contributed by atoms with Crippen LogP contribution in [0.5, 0.6) is 0 Å². The van der Waals surface area contributed by atoms with Crippen molar-refractivity contribution in [3.63, 3.8) is 0 Å². The van der Waals surface area contributed by atoms with E-state index in [2.05, 4.69) is 9.61 Å². The monoisotopic (exact) mass is 168 g/mol. The summed E-state index contributed by atoms with van der Waals surface area (Å²) in [6.45, 7) is 1.82. The first kappa shape index (κ1) is 9.21. The Morgan fingerprint density at radius 1 is 1.17 bits per heavy atom. The van der Waals surface area contributed by atoms with Crippen LogP contribution in [0.15, 0.2) is 24.3 Å². The third-order valence-electron chi connectivity index (χ3n) is 1.63. The molecule has 5 heteroatoms. The average molecular weight is 168 g/mol. The summed E-state index contributed by atoms with van der Waals surface area (Å²) >= 11 is 0. The van der Waals surface area contributed by atoms with Gasteiger partial charge in [-0.05, 0) is 12.4 Å². The van der Waals surface area contributed by atoms with Gasteiger partial charge in [0, 0.05) is 0 Å². The molecule has 4 nitrogen and oxygen atoms in total. The molecule has 0 aliphatic heterocycles. The van der Waals surface area contributed by atoms with Gasteiger partial charge in [0.2, 0.25) is 0 Å². The summed E-state index contributed by atoms with van der Waals surface area (Å²) < 4.78 is 0. The molecule has 1 rings (SSSR count). The molecule has 2 N–H and O–H groups in total. The lowest BCUT2D eigenvalue weighted by Crippen LogP contribution is -2.36. The Hall–Kier alpha value is -0.875. The summed E-state index contributed by atoms with van der Waals surface area (Å²) in [6, 6.07) is 7.10. The second-order valence-electron chi connectivity index (χ2n) is 2.40. The van der Waals surface area contributed by atoms with Crippen LogP contribution in [-0.4, -0.2) is 17.6 Å². The number of hydrogen-bond acceptors (Lipinski definition) is 4. The van der Waals surface area contributed by atoms with Crippen LogP contribution in [0, 0.1) is 6.92 Å². The average Bonchev–Trinajstić information content (AvgIpc) is 2.10. The highest BCUT2D eigenvalue weighted by molar-refractivity contribution is 6.61. The van der Waals surface area contributed by atoms with Crippen molar-refractivity contribution in [1.29, 1.82) is 0 Å². The molecule has 0 fully saturated rings. The van der Waals surface area contributed by atoms with Crippen molar-refractivity contribution in [3.8, 4) is 0 Å². The molecule has 0 amide bonds. The topological polar surface area (TPSA) is 58.9 Å². The van der Waals surface area contributed by atoms with Crippen molar-refractivity contribution < 1.29 is 20.1 Å². The fourth-order valence-electron chi connectivity index (χ4n) is 0.984. The van der Waals surface area contributed by atoms with Gasteiger partial charge < -0.3 is 0 Å². The Balaban J connectivity index is 2.92. The molecule has 0 radical (unpaired) electrons. The van der Waals surface area contributed by atoms with Gasteiger partial charge in [0.1, 0.15) is 0 Å². The van der Waals surface area contributed by atoms with E-state index in [9.17, 15) is 0 Å². The van der Waals surface area contributed by atoms with Crippen molar-refractivity contribution in [2.45, 2.75) is 6.92 Å². The number of benzene rings is 1. The normalized spacial score (nSPS) is 9.92. The summed E-state index contributed by atoms with van der Waals surface area (Å²) in [5.74, 6) is 0. The largest absolute Gasteiger partial charge is 0.554 e. The maximum atomic E-state index is 8.32. The molecule has 0 bridgehead atoms. The first-order valence-electron chi connectivity index (χ1n) is 3.45. The van der Waals surface area contributed by atoms with Crippen molar-refractivity contribution in [2.75, 3.05) is 0 Å². The highest BCUT2D eigenvalue weighted by Gasteiger charge is 2.23. The minimum atomic E-state index is -1.13. The molecular weight excluding hydrogens is 159 g/mol. The van der Waals surface area contributed by atoms with Gasteiger partial charge in [0.15, 0.2) is 0 Å². The fourth-order valence-corrected chi connectivity index (χ4v) is 0.984. The minimum Gasteiger partial charge on any atom is -0.264 e. The summed E-state index contributed by atoms with van der Waals surface area (Å²) in [5, 5.41) is 16.6. The highest BCUT2D eigenvalue weighted by atomic mass is 17.2. The summed E-state index contributed by atoms with van der Waals surface area (Å²) in [4.78, 5) is 7.79. The van der Waals surface area contributed by atoms with E-state index in [0.29, 0.717) is 5.46 Å². The second kappa shape index (κ2) is 4.23. The molecule has 0 aliphatic carbocycles. The maximum absolute atomic E-state index is 8.32. The smallest absolute Gasteiger partial charge is 0.264 e. The van der Waals surface area contributed by atoms with Crippen LogP contribution in [0.4, 0.5) is 0 Å². The number of rotatable bonds is 3. The van der Waals surface area contributed by atoms with E-state index in [4.69, 9.17) is 10.5 Å². The maximum Gasteiger partial charge on any atom is 0.554 e. The SMILES string of the molecule is Cc1ccccc1B(OO)OO. The van der Waals surface area contributed by atoms with Gasteiger partial charge in [-0.1, -0.05) is 29.8 Å². The van der Waals surface area contributed by atoms with Crippen LogP contribution in [0.2, 0.25) is 0 Å². The Bertz CT molecular complexity index is 249. The third kappa shape index (κ3) is 1.83. The van der Waals surface area contributed by atoms with Gasteiger partial charge in [-0.2, -0.15) is 0 Å². The third-order valence-corrected chi connectivity index (χ3v) is 1.63. The van der Waals surface area contributed by atoms with Gasteiger partial charge >= 0.3 is 7.12 Å². The lowest BCUT2D eigenvalue weighted by molar-refractivity contribution is -0.221. The lowest BCUT2D eigenvalue weighted by Gasteiger charge is -2.07. The van der Waals surface area contributed by atoms with Crippen LogP contribution in [0.1, 0.15) is 5.56 Å². The molecule has 1 aromatic rings. The van der Waals surface area contributed by atoms with E-state index in [-0.39, 0.29) is 0 Å². The van der Waals surface area contributed by atoms with Crippen LogP contribution >= 0.6 is 0 Å². The van der Waals surface area contributed by atoms with Crippen LogP contribution in [-0.2, 0) is 9.61 Å². The van der Waals surface area contributed by atoms with Gasteiger partial charge in [0.25, 0.3) is 0 Å². The summed E-state index contributed by atoms with van der Waals surface area (Å²) in [6.07, 6.45) is 0. The van der Waals surface area contributed by atoms with E-state index in [1.165, 1.54) is 0 Å². The van der Waals surface area contributed by atoms with Crippen molar-refractivity contribution in [1.82, 2.24) is 0 Å². The summed E-state index contributed by atoms with van der Waals surface area (Å²) in [7, 11) is -1.13. The molecule has 0 atom stereocenters. The molecule has 0 unspecified atom stereocenters. The molecular formula is C7H9BO4. The zero-order chi connectivity index (χ0) is 8.97. The van der Waals surface area contributed by atoms with E-state index in [0.717, 1.165) is 5.56 Å². The van der Waals surface area contributed by atoms with Crippen LogP contribution < -0.4 is 5.46 Å². The molecule has 0 saturated heterocycles. The molecule has 0 aromatic heterocycles. The molecule has 0 spiro atoms. The van der Waals surface area contributed by atoms with Crippen molar-refractivity contribution in [2.24, 2.45) is 0 Å². The number of hydrogen-bond donors (Lipinski definition) is 2. The Morgan fingerprint density at radius 2 is 1.75 bits per heavy atom. The molecule has 64 valence electrons. The zero-order valence-electron chi connectivity index (χ0n) is 6.60. The van der Waals surface area contributed by atoms with Crippen LogP contribution in [0.25, 0.3) is 0 Å². The Morgan fingerprint density at radius 3 is 2.25 bits per heavy atom. The van der Waals surface area contributed by atoms with E-state index in [1.54, 1.807) is 12.1 Å². The molecule has 0 heterocycles. The fraction of sp³-hybridized carbons (Fsp3) is 0.143. The number of aryl methyl sites for hydroxylation is 1. The van der Waals surface area contributed by atoms with E-state index in [1.807, 2.05) is 19.1 Å². The van der Waals surface area contributed by atoms with Gasteiger partial charge in [-0.3, -0.25) is 20.1 Å². The molecule has 12 heavy (non-hydrogen) atoms. The van der Waals surface area contributed by atoms with Crippen molar-refractivity contribution in [3.05, 3.63) is 29.8 Å². The lowest BCUT2D eigenvalue weighted by atomic mass is 9.77. The molecule has 0 aliphatic rings. The van der Waals surface area contributed by atoms with Crippen molar-refractivity contribution >= 4 is 12.6 Å². The minimum absolute atomic E-state index is 0.586. The zero-order valence-corrected chi connectivity index (χ0v) is 6.60. The first-order valence-corrected chi connectivity index (χ1v) is 3.45. The molecule has 1 aromatic carbocycles. The highest BCUT2D eigenvalue weighted by Crippen LogP contribution is 1.96. The van der Waals surface area contributed by atoms with Gasteiger partial charge in [-0.25, -0.2) is 0 Å². The second-order valence-corrected chi connectivity index (χ2v) is 2.40. The van der Waals surface area contributed by atoms with Gasteiger partial charge in [-0.15, -0.1) is 0 Å².